The zero-order chi connectivity index (χ0) is 16.8. The highest BCUT2D eigenvalue weighted by Crippen LogP contribution is 2.23. The first-order chi connectivity index (χ1) is 11.0. The number of halogens is 1. The van der Waals surface area contributed by atoms with Crippen molar-refractivity contribution in [1.82, 2.24) is 15.1 Å². The Kier molecular flexibility index (Phi) is 9.94. The van der Waals surface area contributed by atoms with Crippen LogP contribution in [0.4, 0.5) is 0 Å². The first-order valence-corrected chi connectivity index (χ1v) is 9.69. The quantitative estimate of drug-likeness (QED) is 0.394. The molecule has 2 saturated heterocycles. The Bertz CT molecular complexity index is 384. The molecule has 24 heavy (non-hydrogen) atoms. The molecule has 5 heteroatoms. The van der Waals surface area contributed by atoms with Crippen LogP contribution < -0.4 is 5.32 Å². The van der Waals surface area contributed by atoms with Crippen LogP contribution in [-0.2, 0) is 0 Å². The van der Waals surface area contributed by atoms with Crippen molar-refractivity contribution in [1.29, 1.82) is 0 Å². The van der Waals surface area contributed by atoms with Gasteiger partial charge in [-0.3, -0.25) is 4.99 Å². The van der Waals surface area contributed by atoms with E-state index < -0.39 is 0 Å². The van der Waals surface area contributed by atoms with Gasteiger partial charge < -0.3 is 15.1 Å². The van der Waals surface area contributed by atoms with E-state index in [0.29, 0.717) is 6.04 Å². The number of hydrogen-bond acceptors (Lipinski definition) is 2. The van der Waals surface area contributed by atoms with Gasteiger partial charge in [0.15, 0.2) is 5.96 Å². The predicted octanol–water partition coefficient (Wildman–Crippen LogP) is 3.67. The van der Waals surface area contributed by atoms with Crippen LogP contribution in [0.3, 0.4) is 0 Å². The van der Waals surface area contributed by atoms with Gasteiger partial charge in [0.1, 0.15) is 0 Å². The molecule has 2 aliphatic heterocycles. The lowest BCUT2D eigenvalue weighted by Crippen LogP contribution is -2.46. The first-order valence-electron chi connectivity index (χ1n) is 9.69. The number of hydrogen-bond donors (Lipinski definition) is 1. The van der Waals surface area contributed by atoms with Crippen LogP contribution in [-0.4, -0.2) is 61.6 Å². The summed E-state index contributed by atoms with van der Waals surface area (Å²) < 4.78 is 0. The number of nitrogens with zero attached hydrogens (tertiary/aromatic N) is 3. The highest BCUT2D eigenvalue weighted by molar-refractivity contribution is 14.0. The van der Waals surface area contributed by atoms with Gasteiger partial charge in [0, 0.05) is 39.3 Å². The molecule has 2 aliphatic rings. The molecule has 0 spiro atoms. The number of piperidine rings is 1. The molecular weight excluding hydrogens is 411 g/mol. The maximum atomic E-state index is 4.54. The molecule has 0 amide bonds. The van der Waals surface area contributed by atoms with E-state index >= 15 is 0 Å². The summed E-state index contributed by atoms with van der Waals surface area (Å²) >= 11 is 0. The largest absolute Gasteiger partial charge is 0.356 e. The van der Waals surface area contributed by atoms with Crippen LogP contribution in [0.1, 0.15) is 53.4 Å². The number of aliphatic imine (C=N–C) groups is 1. The maximum absolute atomic E-state index is 4.54. The van der Waals surface area contributed by atoms with E-state index in [-0.39, 0.29) is 24.0 Å². The minimum absolute atomic E-state index is 0. The summed E-state index contributed by atoms with van der Waals surface area (Å²) in [5.74, 6) is 3.54. The van der Waals surface area contributed by atoms with Gasteiger partial charge >= 0.3 is 0 Å². The average molecular weight is 450 g/mol. The molecule has 2 fully saturated rings. The minimum atomic E-state index is 0. The molecule has 2 unspecified atom stereocenters. The van der Waals surface area contributed by atoms with Crippen molar-refractivity contribution in [3.8, 4) is 0 Å². The zero-order valence-corrected chi connectivity index (χ0v) is 18.8. The summed E-state index contributed by atoms with van der Waals surface area (Å²) in [6.45, 7) is 15.2. The normalized spacial score (nSPS) is 26.1. The standard InChI is InChI=1S/C19H38N4.HI/c1-15(2)11-17-8-10-23(13-17)19(20-5)21-12-18-7-6-9-22(14-18)16(3)4;/h15-18H,6-14H2,1-5H3,(H,20,21);1H. The van der Waals surface area contributed by atoms with Gasteiger partial charge in [-0.05, 0) is 63.8 Å². The van der Waals surface area contributed by atoms with Crippen LogP contribution >= 0.6 is 24.0 Å². The number of rotatable bonds is 5. The highest BCUT2D eigenvalue weighted by Gasteiger charge is 2.26. The van der Waals surface area contributed by atoms with E-state index in [1.54, 1.807) is 0 Å². The van der Waals surface area contributed by atoms with Gasteiger partial charge in [-0.25, -0.2) is 0 Å². The predicted molar refractivity (Wildman–Crippen MR) is 115 cm³/mol. The van der Waals surface area contributed by atoms with Crippen molar-refractivity contribution >= 4 is 29.9 Å². The Morgan fingerprint density at radius 1 is 1.08 bits per heavy atom. The lowest BCUT2D eigenvalue weighted by molar-refractivity contribution is 0.140. The molecule has 0 radical (unpaired) electrons. The summed E-state index contributed by atoms with van der Waals surface area (Å²) in [6.07, 6.45) is 5.36. The van der Waals surface area contributed by atoms with Gasteiger partial charge in [-0.15, -0.1) is 24.0 Å². The maximum Gasteiger partial charge on any atom is 0.193 e. The van der Waals surface area contributed by atoms with Crippen molar-refractivity contribution in [3.05, 3.63) is 0 Å². The van der Waals surface area contributed by atoms with Crippen molar-refractivity contribution < 1.29 is 0 Å². The number of nitrogens with one attached hydrogen (secondary N) is 1. The average Bonchev–Trinajstić information content (AvgIpc) is 2.95. The zero-order valence-electron chi connectivity index (χ0n) is 16.4. The van der Waals surface area contributed by atoms with E-state index in [1.807, 2.05) is 7.05 Å². The molecule has 4 nitrogen and oxygen atoms in total. The lowest BCUT2D eigenvalue weighted by atomic mass is 9.97. The molecule has 0 aromatic rings. The highest BCUT2D eigenvalue weighted by atomic mass is 127. The van der Waals surface area contributed by atoms with Gasteiger partial charge in [0.25, 0.3) is 0 Å². The molecule has 142 valence electrons. The van der Waals surface area contributed by atoms with Crippen molar-refractivity contribution in [2.45, 2.75) is 59.4 Å². The second-order valence-electron chi connectivity index (χ2n) is 8.26. The third-order valence-electron chi connectivity index (χ3n) is 5.43. The van der Waals surface area contributed by atoms with Crippen LogP contribution in [0.5, 0.6) is 0 Å². The third kappa shape index (κ3) is 6.70. The fourth-order valence-corrected chi connectivity index (χ4v) is 4.18. The second-order valence-corrected chi connectivity index (χ2v) is 8.26. The summed E-state index contributed by atoms with van der Waals surface area (Å²) in [7, 11) is 1.93. The Labute approximate surface area is 166 Å². The molecule has 1 N–H and O–H groups in total. The molecular formula is C19H39IN4. The fourth-order valence-electron chi connectivity index (χ4n) is 4.18. The smallest absolute Gasteiger partial charge is 0.193 e. The first kappa shape index (κ1) is 22.0. The molecule has 0 aliphatic carbocycles. The monoisotopic (exact) mass is 450 g/mol. The minimum Gasteiger partial charge on any atom is -0.356 e. The van der Waals surface area contributed by atoms with Crippen molar-refractivity contribution in [3.63, 3.8) is 0 Å². The molecule has 0 saturated carbocycles. The third-order valence-corrected chi connectivity index (χ3v) is 5.43. The number of likely N-dealkylation sites (tertiary alicyclic amines) is 2. The van der Waals surface area contributed by atoms with E-state index in [2.05, 4.69) is 47.8 Å². The Morgan fingerprint density at radius 2 is 1.83 bits per heavy atom. The van der Waals surface area contributed by atoms with Gasteiger partial charge in [-0.2, -0.15) is 0 Å². The van der Waals surface area contributed by atoms with Gasteiger partial charge in [-0.1, -0.05) is 13.8 Å². The summed E-state index contributed by atoms with van der Waals surface area (Å²) in [5.41, 5.74) is 0. The summed E-state index contributed by atoms with van der Waals surface area (Å²) in [4.78, 5) is 9.63. The number of guanidine groups is 1. The Hall–Kier alpha value is -0.0400. The van der Waals surface area contributed by atoms with E-state index in [1.165, 1.54) is 51.9 Å². The fraction of sp³-hybridized carbons (Fsp3) is 0.947. The Balaban J connectivity index is 0.00000288. The molecule has 2 rings (SSSR count). The van der Waals surface area contributed by atoms with Crippen LogP contribution in [0.15, 0.2) is 4.99 Å². The molecule has 0 aromatic heterocycles. The second kappa shape index (κ2) is 10.8. The van der Waals surface area contributed by atoms with Crippen molar-refractivity contribution in [2.75, 3.05) is 39.8 Å². The van der Waals surface area contributed by atoms with E-state index in [4.69, 9.17) is 0 Å². The van der Waals surface area contributed by atoms with Gasteiger partial charge in [0.2, 0.25) is 0 Å². The molecule has 0 bridgehead atoms. The molecule has 2 heterocycles. The molecule has 2 atom stereocenters. The van der Waals surface area contributed by atoms with E-state index in [0.717, 1.165) is 30.3 Å². The van der Waals surface area contributed by atoms with Crippen LogP contribution in [0, 0.1) is 17.8 Å². The van der Waals surface area contributed by atoms with E-state index in [9.17, 15) is 0 Å². The summed E-state index contributed by atoms with van der Waals surface area (Å²) in [6, 6.07) is 0.674. The van der Waals surface area contributed by atoms with Crippen LogP contribution in [0.2, 0.25) is 0 Å². The lowest BCUT2D eigenvalue weighted by Gasteiger charge is -2.36. The van der Waals surface area contributed by atoms with Gasteiger partial charge in [0.05, 0.1) is 0 Å². The summed E-state index contributed by atoms with van der Waals surface area (Å²) in [5, 5.41) is 3.66. The van der Waals surface area contributed by atoms with Crippen molar-refractivity contribution in [2.24, 2.45) is 22.7 Å². The van der Waals surface area contributed by atoms with Crippen LogP contribution in [0.25, 0.3) is 0 Å². The molecule has 0 aromatic carbocycles. The Morgan fingerprint density at radius 3 is 2.46 bits per heavy atom. The SMILES string of the molecule is CN=C(NCC1CCCN(C(C)C)C1)N1CCC(CC(C)C)C1.I. The topological polar surface area (TPSA) is 30.9 Å².